The van der Waals surface area contributed by atoms with Crippen LogP contribution in [0.15, 0.2) is 22.9 Å². The van der Waals surface area contributed by atoms with Crippen LogP contribution < -0.4 is 4.90 Å². The number of pyridine rings is 1. The second kappa shape index (κ2) is 6.80. The highest BCUT2D eigenvalue weighted by Gasteiger charge is 2.07. The van der Waals surface area contributed by atoms with Crippen molar-refractivity contribution in [1.82, 2.24) is 4.98 Å². The van der Waals surface area contributed by atoms with Gasteiger partial charge in [-0.1, -0.05) is 0 Å². The van der Waals surface area contributed by atoms with E-state index < -0.39 is 0 Å². The molecule has 0 fully saturated rings. The minimum atomic E-state index is 0.763. The van der Waals surface area contributed by atoms with Gasteiger partial charge < -0.3 is 9.64 Å². The van der Waals surface area contributed by atoms with E-state index in [2.05, 4.69) is 32.7 Å². The smallest absolute Gasteiger partial charge is 0.0641 e. The Hall–Kier alpha value is -0.610. The van der Waals surface area contributed by atoms with Crippen LogP contribution in [0.4, 0.5) is 5.69 Å². The van der Waals surface area contributed by atoms with Gasteiger partial charge in [0, 0.05) is 32.1 Å². The fourth-order valence-corrected chi connectivity index (χ4v) is 1.89. The fourth-order valence-electron chi connectivity index (χ4n) is 1.39. The van der Waals surface area contributed by atoms with E-state index in [1.807, 2.05) is 25.4 Å². The summed E-state index contributed by atoms with van der Waals surface area (Å²) in [5, 5.41) is 0. The maximum atomic E-state index is 5.35. The predicted molar refractivity (Wildman–Crippen MR) is 66.3 cm³/mol. The van der Waals surface area contributed by atoms with E-state index in [0.29, 0.717) is 0 Å². The van der Waals surface area contributed by atoms with Crippen molar-refractivity contribution in [2.75, 3.05) is 31.2 Å². The average Bonchev–Trinajstić information content (AvgIpc) is 2.26. The molecule has 1 rings (SSSR count). The van der Waals surface area contributed by atoms with Gasteiger partial charge in [0.25, 0.3) is 0 Å². The third-order valence-corrected chi connectivity index (χ3v) is 2.79. The van der Waals surface area contributed by atoms with Gasteiger partial charge in [-0.25, -0.2) is 0 Å². The summed E-state index contributed by atoms with van der Waals surface area (Å²) in [7, 11) is 0. The van der Waals surface area contributed by atoms with Crippen molar-refractivity contribution in [3.8, 4) is 0 Å². The molecule has 0 saturated carbocycles. The highest BCUT2D eigenvalue weighted by Crippen LogP contribution is 2.24. The Balaban J connectivity index is 2.61. The van der Waals surface area contributed by atoms with Crippen molar-refractivity contribution >= 4 is 21.6 Å². The van der Waals surface area contributed by atoms with Crippen LogP contribution in [0.1, 0.15) is 13.8 Å². The number of rotatable bonds is 6. The molecule has 0 atom stereocenters. The number of likely N-dealkylation sites (N-methyl/N-ethyl adjacent to an activating group) is 1. The van der Waals surface area contributed by atoms with E-state index in [4.69, 9.17) is 4.74 Å². The monoisotopic (exact) mass is 272 g/mol. The molecular weight excluding hydrogens is 256 g/mol. The molecule has 84 valence electrons. The minimum Gasteiger partial charge on any atom is -0.380 e. The fraction of sp³-hybridized carbons (Fsp3) is 0.545. The number of aromatic nitrogens is 1. The molecule has 0 bridgehead atoms. The first-order valence-corrected chi connectivity index (χ1v) is 6.01. The van der Waals surface area contributed by atoms with Crippen LogP contribution in [-0.4, -0.2) is 31.3 Å². The van der Waals surface area contributed by atoms with E-state index >= 15 is 0 Å². The maximum Gasteiger partial charge on any atom is 0.0641 e. The quantitative estimate of drug-likeness (QED) is 0.745. The number of hydrogen-bond acceptors (Lipinski definition) is 3. The standard InChI is InChI=1S/C11H17BrN2O/c1-3-14(7-8-15-4-2)11-5-6-13-9-10(11)12/h5-6,9H,3-4,7-8H2,1-2H3. The summed E-state index contributed by atoms with van der Waals surface area (Å²) in [6, 6.07) is 2.01. The number of anilines is 1. The van der Waals surface area contributed by atoms with E-state index in [1.165, 1.54) is 5.69 Å². The molecule has 1 aromatic rings. The first-order chi connectivity index (χ1) is 7.29. The summed E-state index contributed by atoms with van der Waals surface area (Å²) in [4.78, 5) is 6.32. The summed E-state index contributed by atoms with van der Waals surface area (Å²) >= 11 is 3.50. The molecule has 1 heterocycles. The molecule has 0 unspecified atom stereocenters. The SMILES string of the molecule is CCOCCN(CC)c1ccncc1Br. The Morgan fingerprint density at radius 3 is 2.87 bits per heavy atom. The number of ether oxygens (including phenoxy) is 1. The molecule has 0 amide bonds. The topological polar surface area (TPSA) is 25.4 Å². The Bertz CT molecular complexity index is 294. The molecule has 0 saturated heterocycles. The van der Waals surface area contributed by atoms with Gasteiger partial charge in [-0.15, -0.1) is 0 Å². The Morgan fingerprint density at radius 1 is 1.47 bits per heavy atom. The first-order valence-electron chi connectivity index (χ1n) is 5.21. The average molecular weight is 273 g/mol. The Morgan fingerprint density at radius 2 is 2.27 bits per heavy atom. The summed E-state index contributed by atoms with van der Waals surface area (Å²) in [6.45, 7) is 7.56. The van der Waals surface area contributed by atoms with Crippen molar-refractivity contribution in [3.63, 3.8) is 0 Å². The van der Waals surface area contributed by atoms with Gasteiger partial charge in [0.05, 0.1) is 16.8 Å². The second-order valence-electron chi connectivity index (χ2n) is 3.10. The summed E-state index contributed by atoms with van der Waals surface area (Å²) in [5.41, 5.74) is 1.17. The molecule has 1 aromatic heterocycles. The maximum absolute atomic E-state index is 5.35. The molecule has 0 aromatic carbocycles. The normalized spacial score (nSPS) is 10.3. The molecule has 0 aliphatic heterocycles. The summed E-state index contributed by atoms with van der Waals surface area (Å²) < 4.78 is 6.39. The minimum absolute atomic E-state index is 0.763. The molecular formula is C11H17BrN2O. The number of halogens is 1. The zero-order valence-electron chi connectivity index (χ0n) is 9.24. The molecule has 15 heavy (non-hydrogen) atoms. The van der Waals surface area contributed by atoms with E-state index in [1.54, 1.807) is 0 Å². The molecule has 0 aliphatic carbocycles. The van der Waals surface area contributed by atoms with Crippen LogP contribution in [0.5, 0.6) is 0 Å². The van der Waals surface area contributed by atoms with Crippen LogP contribution in [0.25, 0.3) is 0 Å². The molecule has 0 radical (unpaired) electrons. The molecule has 0 N–H and O–H groups in total. The zero-order valence-corrected chi connectivity index (χ0v) is 10.8. The van der Waals surface area contributed by atoms with Gasteiger partial charge in [-0.3, -0.25) is 4.98 Å². The van der Waals surface area contributed by atoms with Gasteiger partial charge in [-0.2, -0.15) is 0 Å². The van der Waals surface area contributed by atoms with Crippen molar-refractivity contribution in [3.05, 3.63) is 22.9 Å². The van der Waals surface area contributed by atoms with Gasteiger partial charge >= 0.3 is 0 Å². The van der Waals surface area contributed by atoms with Crippen LogP contribution in [0.3, 0.4) is 0 Å². The van der Waals surface area contributed by atoms with Gasteiger partial charge in [-0.05, 0) is 35.8 Å². The highest BCUT2D eigenvalue weighted by atomic mass is 79.9. The van der Waals surface area contributed by atoms with Gasteiger partial charge in [0.1, 0.15) is 0 Å². The van der Waals surface area contributed by atoms with E-state index in [-0.39, 0.29) is 0 Å². The van der Waals surface area contributed by atoms with Crippen molar-refractivity contribution in [2.45, 2.75) is 13.8 Å². The van der Waals surface area contributed by atoms with Crippen molar-refractivity contribution in [2.24, 2.45) is 0 Å². The van der Waals surface area contributed by atoms with Crippen LogP contribution in [0, 0.1) is 0 Å². The molecule has 0 aliphatic rings. The predicted octanol–water partition coefficient (Wildman–Crippen LogP) is 2.71. The zero-order chi connectivity index (χ0) is 11.1. The Kier molecular flexibility index (Phi) is 5.65. The summed E-state index contributed by atoms with van der Waals surface area (Å²) in [5.74, 6) is 0. The van der Waals surface area contributed by atoms with Crippen LogP contribution in [0.2, 0.25) is 0 Å². The lowest BCUT2D eigenvalue weighted by molar-refractivity contribution is 0.154. The van der Waals surface area contributed by atoms with Gasteiger partial charge in [0.15, 0.2) is 0 Å². The van der Waals surface area contributed by atoms with E-state index in [0.717, 1.165) is 30.8 Å². The third kappa shape index (κ3) is 3.80. The number of hydrogen-bond donors (Lipinski definition) is 0. The number of nitrogens with zero attached hydrogens (tertiary/aromatic N) is 2. The second-order valence-corrected chi connectivity index (χ2v) is 3.96. The van der Waals surface area contributed by atoms with Crippen molar-refractivity contribution < 1.29 is 4.74 Å². The largest absolute Gasteiger partial charge is 0.380 e. The lowest BCUT2D eigenvalue weighted by Crippen LogP contribution is -2.27. The third-order valence-electron chi connectivity index (χ3n) is 2.18. The molecule has 0 spiro atoms. The Labute approximate surface area is 99.6 Å². The van der Waals surface area contributed by atoms with Gasteiger partial charge in [0.2, 0.25) is 0 Å². The molecule has 4 heteroatoms. The van der Waals surface area contributed by atoms with Crippen molar-refractivity contribution in [1.29, 1.82) is 0 Å². The van der Waals surface area contributed by atoms with Crippen LogP contribution in [-0.2, 0) is 4.74 Å². The lowest BCUT2D eigenvalue weighted by Gasteiger charge is -2.23. The summed E-state index contributed by atoms with van der Waals surface area (Å²) in [6.07, 6.45) is 3.63. The lowest BCUT2D eigenvalue weighted by atomic mass is 10.3. The molecule has 3 nitrogen and oxygen atoms in total. The van der Waals surface area contributed by atoms with Crippen LogP contribution >= 0.6 is 15.9 Å². The van der Waals surface area contributed by atoms with E-state index in [9.17, 15) is 0 Å². The first kappa shape index (κ1) is 12.5. The highest BCUT2D eigenvalue weighted by molar-refractivity contribution is 9.10.